The Balaban J connectivity index is 1.31. The van der Waals surface area contributed by atoms with Crippen molar-refractivity contribution in [1.82, 2.24) is 10.3 Å². The maximum absolute atomic E-state index is 12.2. The SMILES string of the molecule is CCCCCCC12CCC(c3ccc(NC(=S)NC(=O)c4cccnc4)cc3)(CC1)CC2. The van der Waals surface area contributed by atoms with Gasteiger partial charge in [0.25, 0.3) is 5.91 Å². The van der Waals surface area contributed by atoms with E-state index in [4.69, 9.17) is 12.2 Å². The largest absolute Gasteiger partial charge is 0.332 e. The van der Waals surface area contributed by atoms with Crippen LogP contribution in [-0.4, -0.2) is 16.0 Å². The fourth-order valence-corrected chi connectivity index (χ4v) is 5.95. The maximum Gasteiger partial charge on any atom is 0.258 e. The van der Waals surface area contributed by atoms with Crippen molar-refractivity contribution >= 4 is 28.9 Å². The molecule has 3 fully saturated rings. The van der Waals surface area contributed by atoms with E-state index in [2.05, 4.69) is 46.8 Å². The molecule has 4 nitrogen and oxygen atoms in total. The molecule has 1 heterocycles. The van der Waals surface area contributed by atoms with E-state index in [9.17, 15) is 4.79 Å². The van der Waals surface area contributed by atoms with Crippen molar-refractivity contribution < 1.29 is 4.79 Å². The van der Waals surface area contributed by atoms with Crippen LogP contribution < -0.4 is 10.6 Å². The summed E-state index contributed by atoms with van der Waals surface area (Å²) >= 11 is 5.32. The van der Waals surface area contributed by atoms with Crippen molar-refractivity contribution in [2.24, 2.45) is 5.41 Å². The standard InChI is InChI=1S/C27H35N3OS/c1-2-3-4-5-12-26-13-16-27(17-14-26,18-15-26)22-8-10-23(11-9-22)29-25(32)30-24(31)21-7-6-19-28-20-21/h6-11,19-20H,2-5,12-18H2,1H3,(H2,29,30,31,32). The zero-order valence-corrected chi connectivity index (χ0v) is 20.0. The Morgan fingerprint density at radius 3 is 2.34 bits per heavy atom. The molecule has 2 N–H and O–H groups in total. The molecule has 2 aromatic rings. The van der Waals surface area contributed by atoms with Crippen molar-refractivity contribution in [3.05, 3.63) is 59.9 Å². The second-order valence-corrected chi connectivity index (χ2v) is 10.2. The molecule has 0 spiro atoms. The zero-order chi connectivity index (χ0) is 22.4. The molecule has 3 saturated carbocycles. The van der Waals surface area contributed by atoms with Crippen molar-refractivity contribution in [3.63, 3.8) is 0 Å². The fraction of sp³-hybridized carbons (Fsp3) is 0.519. The average molecular weight is 450 g/mol. The van der Waals surface area contributed by atoms with E-state index in [1.807, 2.05) is 0 Å². The summed E-state index contributed by atoms with van der Waals surface area (Å²) in [4.78, 5) is 16.2. The van der Waals surface area contributed by atoms with E-state index in [0.29, 0.717) is 21.5 Å². The molecule has 1 amide bonds. The Labute approximate surface area is 197 Å². The van der Waals surface area contributed by atoms with Gasteiger partial charge in [-0.2, -0.15) is 0 Å². The number of benzene rings is 1. The van der Waals surface area contributed by atoms with Gasteiger partial charge < -0.3 is 5.32 Å². The second kappa shape index (κ2) is 10.1. The highest BCUT2D eigenvalue weighted by Crippen LogP contribution is 2.59. The Bertz CT molecular complexity index is 901. The molecule has 0 saturated heterocycles. The molecule has 1 aromatic carbocycles. The van der Waals surface area contributed by atoms with Crippen molar-refractivity contribution in [2.75, 3.05) is 5.32 Å². The van der Waals surface area contributed by atoms with Gasteiger partial charge in [0.2, 0.25) is 0 Å². The number of thiocarbonyl (C=S) groups is 1. The third-order valence-corrected chi connectivity index (χ3v) is 8.07. The lowest BCUT2D eigenvalue weighted by atomic mass is 9.51. The highest BCUT2D eigenvalue weighted by molar-refractivity contribution is 7.80. The summed E-state index contributed by atoms with van der Waals surface area (Å²) in [5.74, 6) is -0.256. The molecule has 0 aliphatic heterocycles. The Hall–Kier alpha value is -2.27. The van der Waals surface area contributed by atoms with E-state index in [-0.39, 0.29) is 5.91 Å². The van der Waals surface area contributed by atoms with Gasteiger partial charge in [-0.15, -0.1) is 0 Å². The van der Waals surface area contributed by atoms with Crippen LogP contribution >= 0.6 is 12.2 Å². The van der Waals surface area contributed by atoms with Crippen LogP contribution in [0, 0.1) is 5.41 Å². The highest BCUT2D eigenvalue weighted by atomic mass is 32.1. The molecule has 170 valence electrons. The number of carbonyl (C=O) groups is 1. The quantitative estimate of drug-likeness (QED) is 0.345. The molecule has 2 bridgehead atoms. The minimum Gasteiger partial charge on any atom is -0.332 e. The first-order valence-electron chi connectivity index (χ1n) is 12.2. The Kier molecular flexibility index (Phi) is 7.24. The summed E-state index contributed by atoms with van der Waals surface area (Å²) in [6, 6.07) is 12.1. The van der Waals surface area contributed by atoms with Crippen LogP contribution in [0.3, 0.4) is 0 Å². The summed E-state index contributed by atoms with van der Waals surface area (Å²) < 4.78 is 0. The summed E-state index contributed by atoms with van der Waals surface area (Å²) in [5.41, 5.74) is 3.85. The third kappa shape index (κ3) is 5.20. The summed E-state index contributed by atoms with van der Waals surface area (Å²) in [5, 5.41) is 6.15. The number of unbranched alkanes of at least 4 members (excludes halogenated alkanes) is 3. The minimum absolute atomic E-state index is 0.256. The smallest absolute Gasteiger partial charge is 0.258 e. The maximum atomic E-state index is 12.2. The Morgan fingerprint density at radius 1 is 1.00 bits per heavy atom. The molecule has 0 atom stereocenters. The van der Waals surface area contributed by atoms with Crippen molar-refractivity contribution in [1.29, 1.82) is 0 Å². The normalized spacial score (nSPS) is 24.2. The summed E-state index contributed by atoms with van der Waals surface area (Å²) in [6.07, 6.45) is 18.3. The van der Waals surface area contributed by atoms with Gasteiger partial charge in [0.15, 0.2) is 5.11 Å². The van der Waals surface area contributed by atoms with Crippen molar-refractivity contribution in [3.8, 4) is 0 Å². The van der Waals surface area contributed by atoms with Crippen LogP contribution in [-0.2, 0) is 5.41 Å². The number of nitrogens with one attached hydrogen (secondary N) is 2. The van der Waals surface area contributed by atoms with Gasteiger partial charge >= 0.3 is 0 Å². The third-order valence-electron chi connectivity index (χ3n) is 7.87. The van der Waals surface area contributed by atoms with E-state index >= 15 is 0 Å². The first kappa shape index (κ1) is 22.9. The van der Waals surface area contributed by atoms with Crippen LogP contribution in [0.15, 0.2) is 48.8 Å². The number of aromatic nitrogens is 1. The molecule has 1 aromatic heterocycles. The number of rotatable bonds is 8. The van der Waals surface area contributed by atoms with Crippen LogP contribution in [0.1, 0.15) is 93.5 Å². The Morgan fingerprint density at radius 2 is 1.72 bits per heavy atom. The summed E-state index contributed by atoms with van der Waals surface area (Å²) in [7, 11) is 0. The van der Waals surface area contributed by atoms with Crippen molar-refractivity contribution in [2.45, 2.75) is 83.0 Å². The zero-order valence-electron chi connectivity index (χ0n) is 19.2. The average Bonchev–Trinajstić information content (AvgIpc) is 2.84. The predicted molar refractivity (Wildman–Crippen MR) is 135 cm³/mol. The first-order valence-corrected chi connectivity index (χ1v) is 12.6. The first-order chi connectivity index (χ1) is 15.5. The van der Waals surface area contributed by atoms with Crippen LogP contribution in [0.25, 0.3) is 0 Å². The van der Waals surface area contributed by atoms with E-state index in [1.54, 1.807) is 18.3 Å². The number of amides is 1. The van der Waals surface area contributed by atoms with E-state index < -0.39 is 0 Å². The van der Waals surface area contributed by atoms with Crippen LogP contribution in [0.2, 0.25) is 0 Å². The molecular formula is C27H35N3OS. The molecule has 3 aliphatic rings. The predicted octanol–water partition coefficient (Wildman–Crippen LogP) is 6.77. The van der Waals surface area contributed by atoms with Crippen LogP contribution in [0.4, 0.5) is 5.69 Å². The van der Waals surface area contributed by atoms with E-state index in [0.717, 1.165) is 5.69 Å². The van der Waals surface area contributed by atoms with Crippen LogP contribution in [0.5, 0.6) is 0 Å². The monoisotopic (exact) mass is 449 g/mol. The number of fused-ring (bicyclic) bond motifs is 3. The highest BCUT2D eigenvalue weighted by Gasteiger charge is 2.48. The molecule has 32 heavy (non-hydrogen) atoms. The van der Waals surface area contributed by atoms with Gasteiger partial charge in [0.05, 0.1) is 5.56 Å². The van der Waals surface area contributed by atoms with Gasteiger partial charge in [0, 0.05) is 18.1 Å². The van der Waals surface area contributed by atoms with E-state index in [1.165, 1.54) is 82.4 Å². The molecule has 3 aliphatic carbocycles. The van der Waals surface area contributed by atoms with Gasteiger partial charge in [-0.05, 0) is 97.8 Å². The lowest BCUT2D eigenvalue weighted by Crippen LogP contribution is -2.44. The minimum atomic E-state index is -0.256. The molecule has 0 unspecified atom stereocenters. The van der Waals surface area contributed by atoms with Gasteiger partial charge in [-0.3, -0.25) is 15.1 Å². The van der Waals surface area contributed by atoms with Gasteiger partial charge in [-0.25, -0.2) is 0 Å². The molecule has 5 rings (SSSR count). The number of hydrogen-bond donors (Lipinski definition) is 2. The number of carbonyl (C=O) groups excluding carboxylic acids is 1. The number of pyridine rings is 1. The molecular weight excluding hydrogens is 414 g/mol. The number of nitrogens with zero attached hydrogens (tertiary/aromatic N) is 1. The van der Waals surface area contributed by atoms with Gasteiger partial charge in [0.1, 0.15) is 0 Å². The number of hydrogen-bond acceptors (Lipinski definition) is 3. The number of anilines is 1. The van der Waals surface area contributed by atoms with Gasteiger partial charge in [-0.1, -0.05) is 44.7 Å². The topological polar surface area (TPSA) is 54.0 Å². The second-order valence-electron chi connectivity index (χ2n) is 9.82. The molecule has 5 heteroatoms. The lowest BCUT2D eigenvalue weighted by Gasteiger charge is -2.54. The fourth-order valence-electron chi connectivity index (χ4n) is 5.74. The molecule has 0 radical (unpaired) electrons. The lowest BCUT2D eigenvalue weighted by molar-refractivity contribution is 0.0305. The summed E-state index contributed by atoms with van der Waals surface area (Å²) in [6.45, 7) is 2.29.